The molecule has 5 nitrogen and oxygen atoms in total. The lowest BCUT2D eigenvalue weighted by atomic mass is 10.4. The maximum atomic E-state index is 10.8. The van der Waals surface area contributed by atoms with Crippen molar-refractivity contribution in [3.8, 4) is 0 Å². The average Bonchev–Trinajstić information content (AvgIpc) is 3.01. The minimum absolute atomic E-state index is 0.136. The van der Waals surface area contributed by atoms with E-state index in [1.807, 2.05) is 0 Å². The van der Waals surface area contributed by atoms with Gasteiger partial charge in [-0.25, -0.2) is 9.78 Å². The zero-order valence-electron chi connectivity index (χ0n) is 9.73. The molecule has 0 amide bonds. The van der Waals surface area contributed by atoms with Crippen molar-refractivity contribution in [1.29, 1.82) is 0 Å². The number of aryl methyl sites for hydroxylation is 1. The Morgan fingerprint density at radius 3 is 3.00 bits per heavy atom. The Hall–Kier alpha value is -1.14. The fraction of sp³-hybridized carbons (Fsp3) is 0.636. The number of carboxylic acid groups (broad SMARTS) is 1. The van der Waals surface area contributed by atoms with Crippen LogP contribution in [-0.4, -0.2) is 35.8 Å². The molecule has 1 aliphatic carbocycles. The summed E-state index contributed by atoms with van der Waals surface area (Å²) in [5, 5.41) is 12.6. The molecular formula is C11H16N2O3S. The zero-order valence-corrected chi connectivity index (χ0v) is 10.5. The zero-order chi connectivity index (χ0) is 12.3. The molecule has 0 saturated heterocycles. The minimum atomic E-state index is -0.975. The van der Waals surface area contributed by atoms with E-state index in [-0.39, 0.29) is 5.69 Å². The fourth-order valence-electron chi connectivity index (χ4n) is 1.44. The van der Waals surface area contributed by atoms with Crippen molar-refractivity contribution in [3.05, 3.63) is 10.6 Å². The van der Waals surface area contributed by atoms with Gasteiger partial charge in [0.2, 0.25) is 0 Å². The summed E-state index contributed by atoms with van der Waals surface area (Å²) in [7, 11) is 0. The molecule has 94 valence electrons. The van der Waals surface area contributed by atoms with Gasteiger partial charge >= 0.3 is 5.97 Å². The summed E-state index contributed by atoms with van der Waals surface area (Å²) in [6.07, 6.45) is 2.59. The smallest absolute Gasteiger partial charge is 0.355 e. The van der Waals surface area contributed by atoms with Crippen molar-refractivity contribution in [2.45, 2.75) is 19.8 Å². The number of nitrogens with zero attached hydrogens (tertiary/aromatic N) is 1. The first-order chi connectivity index (χ1) is 8.16. The van der Waals surface area contributed by atoms with Crippen LogP contribution < -0.4 is 5.32 Å². The first-order valence-electron chi connectivity index (χ1n) is 5.69. The summed E-state index contributed by atoms with van der Waals surface area (Å²) in [5.74, 6) is -0.201. The predicted octanol–water partition coefficient (Wildman–Crippen LogP) is 1.99. The highest BCUT2D eigenvalue weighted by Gasteiger charge is 2.20. The Labute approximate surface area is 104 Å². The molecule has 2 N–H and O–H groups in total. The molecule has 0 spiro atoms. The number of rotatable bonds is 7. The van der Waals surface area contributed by atoms with Gasteiger partial charge in [-0.05, 0) is 25.7 Å². The first kappa shape index (κ1) is 12.3. The van der Waals surface area contributed by atoms with Gasteiger partial charge < -0.3 is 15.2 Å². The number of ether oxygens (including phenoxy) is 1. The fourth-order valence-corrected chi connectivity index (χ4v) is 2.27. The molecule has 1 aromatic heterocycles. The van der Waals surface area contributed by atoms with Gasteiger partial charge in [0.15, 0.2) is 10.8 Å². The van der Waals surface area contributed by atoms with Crippen LogP contribution in [0.1, 0.15) is 28.2 Å². The van der Waals surface area contributed by atoms with Crippen molar-refractivity contribution < 1.29 is 14.6 Å². The Morgan fingerprint density at radius 1 is 1.65 bits per heavy atom. The van der Waals surface area contributed by atoms with Crippen LogP contribution in [0.4, 0.5) is 5.13 Å². The van der Waals surface area contributed by atoms with Crippen LogP contribution in [0.15, 0.2) is 0 Å². The SMILES string of the molecule is Cc1sc(NCCOCC2CC2)nc1C(=O)O. The van der Waals surface area contributed by atoms with Gasteiger partial charge in [-0.2, -0.15) is 0 Å². The van der Waals surface area contributed by atoms with E-state index in [0.29, 0.717) is 18.3 Å². The van der Waals surface area contributed by atoms with E-state index in [4.69, 9.17) is 9.84 Å². The molecule has 0 aliphatic heterocycles. The Balaban J connectivity index is 1.70. The number of carboxylic acids is 1. The number of hydrogen-bond acceptors (Lipinski definition) is 5. The van der Waals surface area contributed by atoms with Crippen molar-refractivity contribution >= 4 is 22.4 Å². The predicted molar refractivity (Wildman–Crippen MR) is 65.8 cm³/mol. The molecule has 0 aromatic carbocycles. The number of hydrogen-bond donors (Lipinski definition) is 2. The van der Waals surface area contributed by atoms with Crippen LogP contribution in [0.3, 0.4) is 0 Å². The van der Waals surface area contributed by atoms with Crippen molar-refractivity contribution in [2.24, 2.45) is 5.92 Å². The van der Waals surface area contributed by atoms with Gasteiger partial charge in [0.25, 0.3) is 0 Å². The number of thiazole rings is 1. The van der Waals surface area contributed by atoms with E-state index in [1.165, 1.54) is 24.2 Å². The quantitative estimate of drug-likeness (QED) is 0.730. The van der Waals surface area contributed by atoms with E-state index >= 15 is 0 Å². The van der Waals surface area contributed by atoms with Gasteiger partial charge in [0.05, 0.1) is 6.61 Å². The van der Waals surface area contributed by atoms with E-state index in [9.17, 15) is 4.79 Å². The third-order valence-electron chi connectivity index (χ3n) is 2.57. The molecule has 0 unspecified atom stereocenters. The third-order valence-corrected chi connectivity index (χ3v) is 3.50. The van der Waals surface area contributed by atoms with E-state index in [0.717, 1.165) is 17.4 Å². The summed E-state index contributed by atoms with van der Waals surface area (Å²) in [6.45, 7) is 3.91. The summed E-state index contributed by atoms with van der Waals surface area (Å²) in [4.78, 5) is 15.5. The van der Waals surface area contributed by atoms with E-state index in [1.54, 1.807) is 6.92 Å². The highest BCUT2D eigenvalue weighted by Crippen LogP contribution is 2.28. The second-order valence-electron chi connectivity index (χ2n) is 4.17. The highest BCUT2D eigenvalue weighted by atomic mass is 32.1. The number of carbonyl (C=O) groups is 1. The van der Waals surface area contributed by atoms with Crippen LogP contribution in [0.2, 0.25) is 0 Å². The second-order valence-corrected chi connectivity index (χ2v) is 5.38. The molecule has 6 heteroatoms. The lowest BCUT2D eigenvalue weighted by Crippen LogP contribution is -2.10. The molecule has 17 heavy (non-hydrogen) atoms. The van der Waals surface area contributed by atoms with Crippen molar-refractivity contribution in [2.75, 3.05) is 25.1 Å². The summed E-state index contributed by atoms with van der Waals surface area (Å²) < 4.78 is 5.46. The molecule has 0 radical (unpaired) electrons. The Bertz CT molecular complexity index is 401. The standard InChI is InChI=1S/C11H16N2O3S/c1-7-9(10(14)15)13-11(17-7)12-4-5-16-6-8-2-3-8/h8H,2-6H2,1H3,(H,12,13)(H,14,15). The lowest BCUT2D eigenvalue weighted by molar-refractivity contribution is 0.0690. The average molecular weight is 256 g/mol. The minimum Gasteiger partial charge on any atom is -0.476 e. The molecule has 1 saturated carbocycles. The highest BCUT2D eigenvalue weighted by molar-refractivity contribution is 7.15. The van der Waals surface area contributed by atoms with Crippen molar-refractivity contribution in [1.82, 2.24) is 4.98 Å². The topological polar surface area (TPSA) is 71.5 Å². The van der Waals surface area contributed by atoms with Crippen LogP contribution >= 0.6 is 11.3 Å². The number of aromatic nitrogens is 1. The van der Waals surface area contributed by atoms with Crippen LogP contribution in [0, 0.1) is 12.8 Å². The largest absolute Gasteiger partial charge is 0.476 e. The summed E-state index contributed by atoms with van der Waals surface area (Å²) in [5.41, 5.74) is 0.136. The van der Waals surface area contributed by atoms with E-state index in [2.05, 4.69) is 10.3 Å². The van der Waals surface area contributed by atoms with Crippen LogP contribution in [-0.2, 0) is 4.74 Å². The molecule has 1 aromatic rings. The summed E-state index contributed by atoms with van der Waals surface area (Å²) >= 11 is 1.36. The van der Waals surface area contributed by atoms with E-state index < -0.39 is 5.97 Å². The van der Waals surface area contributed by atoms with Gasteiger partial charge in [-0.15, -0.1) is 11.3 Å². The maximum Gasteiger partial charge on any atom is 0.355 e. The first-order valence-corrected chi connectivity index (χ1v) is 6.51. The monoisotopic (exact) mass is 256 g/mol. The van der Waals surface area contributed by atoms with Crippen LogP contribution in [0.5, 0.6) is 0 Å². The van der Waals surface area contributed by atoms with Crippen LogP contribution in [0.25, 0.3) is 0 Å². The summed E-state index contributed by atoms with van der Waals surface area (Å²) in [6, 6.07) is 0. The van der Waals surface area contributed by atoms with Gasteiger partial charge in [-0.3, -0.25) is 0 Å². The second kappa shape index (κ2) is 5.46. The molecule has 2 rings (SSSR count). The molecule has 1 aliphatic rings. The van der Waals surface area contributed by atoms with Gasteiger partial charge in [0.1, 0.15) is 0 Å². The Morgan fingerprint density at radius 2 is 2.41 bits per heavy atom. The third kappa shape index (κ3) is 3.67. The maximum absolute atomic E-state index is 10.8. The molecule has 1 fully saturated rings. The molecule has 0 atom stereocenters. The normalized spacial score (nSPS) is 14.9. The van der Waals surface area contributed by atoms with Crippen molar-refractivity contribution in [3.63, 3.8) is 0 Å². The molecule has 0 bridgehead atoms. The Kier molecular flexibility index (Phi) is 3.96. The lowest BCUT2D eigenvalue weighted by Gasteiger charge is -2.03. The number of anilines is 1. The number of nitrogens with one attached hydrogen (secondary N) is 1. The van der Waals surface area contributed by atoms with Gasteiger partial charge in [0, 0.05) is 18.0 Å². The molecule has 1 heterocycles. The number of aromatic carboxylic acids is 1. The molecular weight excluding hydrogens is 240 g/mol. The van der Waals surface area contributed by atoms with Gasteiger partial charge in [-0.1, -0.05) is 0 Å².